The summed E-state index contributed by atoms with van der Waals surface area (Å²) >= 11 is 0.850. The minimum atomic E-state index is -1.35. The average Bonchev–Trinajstić information content (AvgIpc) is 1.96. The summed E-state index contributed by atoms with van der Waals surface area (Å²) < 4.78 is 0.490. The zero-order valence-electron chi connectivity index (χ0n) is 6.40. The van der Waals surface area contributed by atoms with Crippen molar-refractivity contribution in [2.75, 3.05) is 5.75 Å². The number of nitrogens with zero attached hydrogens (tertiary/aromatic N) is 1. The summed E-state index contributed by atoms with van der Waals surface area (Å²) in [7, 11) is 0. The van der Waals surface area contributed by atoms with Crippen molar-refractivity contribution in [1.29, 1.82) is 0 Å². The summed E-state index contributed by atoms with van der Waals surface area (Å²) in [6.07, 6.45) is 0.909. The van der Waals surface area contributed by atoms with Gasteiger partial charge < -0.3 is 10.8 Å². The maximum atomic E-state index is 10.5. The topological polar surface area (TPSA) is 83.6 Å². The van der Waals surface area contributed by atoms with E-state index in [0.29, 0.717) is 16.5 Å². The molecular formula is C6H10N2O3S. The molecule has 0 aromatic rings. The number of allylic oxidation sites excluding steroid dienone is 1. The summed E-state index contributed by atoms with van der Waals surface area (Å²) in [6.45, 7) is 3.45. The number of urea groups is 1. The van der Waals surface area contributed by atoms with Crippen LogP contribution in [0.4, 0.5) is 9.59 Å². The number of carboxylic acid groups (broad SMARTS) is 1. The van der Waals surface area contributed by atoms with E-state index in [1.54, 1.807) is 6.08 Å². The van der Waals surface area contributed by atoms with Gasteiger partial charge in [-0.2, -0.15) is 4.31 Å². The van der Waals surface area contributed by atoms with Crippen LogP contribution in [0.1, 0.15) is 6.42 Å². The second-order valence-electron chi connectivity index (χ2n) is 1.83. The standard InChI is InChI=1S/C6H10N2O3S/c1-2-3-4-12-8(5(7)9)6(10)11/h2H,1,3-4H2,(H2,7,9)(H,10,11). The second kappa shape index (κ2) is 5.48. The lowest BCUT2D eigenvalue weighted by molar-refractivity contribution is 0.176. The molecule has 0 saturated carbocycles. The Kier molecular flexibility index (Phi) is 4.94. The van der Waals surface area contributed by atoms with E-state index in [1.807, 2.05) is 0 Å². The summed E-state index contributed by atoms with van der Waals surface area (Å²) in [4.78, 5) is 20.8. The Balaban J connectivity index is 3.88. The highest BCUT2D eigenvalue weighted by molar-refractivity contribution is 7.98. The van der Waals surface area contributed by atoms with E-state index >= 15 is 0 Å². The van der Waals surface area contributed by atoms with Crippen LogP contribution < -0.4 is 5.73 Å². The van der Waals surface area contributed by atoms with Crippen LogP contribution >= 0.6 is 11.9 Å². The van der Waals surface area contributed by atoms with Crippen molar-refractivity contribution >= 4 is 24.1 Å². The van der Waals surface area contributed by atoms with Crippen LogP contribution in [-0.4, -0.2) is 27.3 Å². The third-order valence-electron chi connectivity index (χ3n) is 0.916. The lowest BCUT2D eigenvalue weighted by Crippen LogP contribution is -2.34. The summed E-state index contributed by atoms with van der Waals surface area (Å²) in [6, 6.07) is -0.975. The maximum Gasteiger partial charge on any atom is 0.425 e. The molecule has 6 heteroatoms. The van der Waals surface area contributed by atoms with Crippen molar-refractivity contribution in [3.05, 3.63) is 12.7 Å². The first-order valence-electron chi connectivity index (χ1n) is 3.16. The van der Waals surface area contributed by atoms with Gasteiger partial charge in [0, 0.05) is 5.75 Å². The number of hydrogen-bond acceptors (Lipinski definition) is 3. The highest BCUT2D eigenvalue weighted by Crippen LogP contribution is 2.10. The van der Waals surface area contributed by atoms with E-state index < -0.39 is 12.1 Å². The molecule has 0 aliphatic carbocycles. The first-order chi connectivity index (χ1) is 5.59. The predicted octanol–water partition coefficient (Wildman–Crippen LogP) is 1.27. The molecule has 0 unspecified atom stereocenters. The molecule has 0 rings (SSSR count). The summed E-state index contributed by atoms with van der Waals surface area (Å²) in [5, 5.41) is 8.42. The van der Waals surface area contributed by atoms with Crippen LogP contribution in [0.25, 0.3) is 0 Å². The number of primary amides is 1. The van der Waals surface area contributed by atoms with Gasteiger partial charge in [-0.15, -0.1) is 6.58 Å². The number of imide groups is 1. The normalized spacial score (nSPS) is 9.00. The van der Waals surface area contributed by atoms with Gasteiger partial charge in [-0.25, -0.2) is 9.59 Å². The van der Waals surface area contributed by atoms with Crippen molar-refractivity contribution in [3.8, 4) is 0 Å². The molecule has 0 heterocycles. The van der Waals surface area contributed by atoms with Crippen LogP contribution in [0.15, 0.2) is 12.7 Å². The van der Waals surface area contributed by atoms with Gasteiger partial charge in [-0.05, 0) is 18.4 Å². The van der Waals surface area contributed by atoms with Crippen LogP contribution in [0.5, 0.6) is 0 Å². The van der Waals surface area contributed by atoms with Gasteiger partial charge in [0.25, 0.3) is 0 Å². The van der Waals surface area contributed by atoms with Crippen molar-refractivity contribution in [3.63, 3.8) is 0 Å². The van der Waals surface area contributed by atoms with Crippen LogP contribution in [-0.2, 0) is 0 Å². The number of carbonyl (C=O) groups excluding carboxylic acids is 1. The lowest BCUT2D eigenvalue weighted by atomic mass is 10.5. The molecule has 0 spiro atoms. The highest BCUT2D eigenvalue weighted by Gasteiger charge is 2.17. The highest BCUT2D eigenvalue weighted by atomic mass is 32.2. The zero-order valence-corrected chi connectivity index (χ0v) is 7.21. The molecule has 5 nitrogen and oxygen atoms in total. The van der Waals surface area contributed by atoms with Gasteiger partial charge >= 0.3 is 12.1 Å². The van der Waals surface area contributed by atoms with Gasteiger partial charge in [0.05, 0.1) is 0 Å². The molecule has 3 amide bonds. The zero-order chi connectivity index (χ0) is 9.56. The molecule has 0 bridgehead atoms. The van der Waals surface area contributed by atoms with Gasteiger partial charge in [0.15, 0.2) is 0 Å². The van der Waals surface area contributed by atoms with E-state index in [9.17, 15) is 9.59 Å². The van der Waals surface area contributed by atoms with E-state index in [4.69, 9.17) is 10.8 Å². The molecule has 0 fully saturated rings. The molecule has 12 heavy (non-hydrogen) atoms. The third-order valence-corrected chi connectivity index (χ3v) is 1.93. The number of nitrogens with two attached hydrogens (primary N) is 1. The molecule has 68 valence electrons. The van der Waals surface area contributed by atoms with Crippen molar-refractivity contribution in [2.24, 2.45) is 5.73 Å². The Morgan fingerprint density at radius 3 is 2.58 bits per heavy atom. The molecule has 0 atom stereocenters. The Hall–Kier alpha value is -1.17. The van der Waals surface area contributed by atoms with Crippen LogP contribution in [0.3, 0.4) is 0 Å². The van der Waals surface area contributed by atoms with E-state index in [-0.39, 0.29) is 0 Å². The van der Waals surface area contributed by atoms with E-state index in [2.05, 4.69) is 6.58 Å². The average molecular weight is 190 g/mol. The molecular weight excluding hydrogens is 180 g/mol. The molecule has 0 saturated heterocycles. The van der Waals surface area contributed by atoms with Gasteiger partial charge in [-0.1, -0.05) is 6.08 Å². The third kappa shape index (κ3) is 3.87. The minimum Gasteiger partial charge on any atom is -0.464 e. The molecule has 3 N–H and O–H groups in total. The minimum absolute atomic E-state index is 0.471. The van der Waals surface area contributed by atoms with Gasteiger partial charge in [0.2, 0.25) is 0 Å². The Labute approximate surface area is 74.3 Å². The molecule has 0 aliphatic heterocycles. The monoisotopic (exact) mass is 190 g/mol. The molecule has 0 aromatic carbocycles. The Bertz CT molecular complexity index is 181. The molecule has 0 aliphatic rings. The quantitative estimate of drug-likeness (QED) is 0.397. The fourth-order valence-electron chi connectivity index (χ4n) is 0.440. The number of carbonyl (C=O) groups is 2. The Morgan fingerprint density at radius 1 is 1.67 bits per heavy atom. The Morgan fingerprint density at radius 2 is 2.25 bits per heavy atom. The number of rotatable bonds is 4. The molecule has 0 radical (unpaired) electrons. The second-order valence-corrected chi connectivity index (χ2v) is 2.86. The van der Waals surface area contributed by atoms with Gasteiger partial charge in [-0.3, -0.25) is 0 Å². The lowest BCUT2D eigenvalue weighted by Gasteiger charge is -2.11. The maximum absolute atomic E-state index is 10.5. The van der Waals surface area contributed by atoms with Gasteiger partial charge in [0.1, 0.15) is 0 Å². The largest absolute Gasteiger partial charge is 0.464 e. The fourth-order valence-corrected chi connectivity index (χ4v) is 1.13. The first kappa shape index (κ1) is 10.8. The van der Waals surface area contributed by atoms with E-state index in [0.717, 1.165) is 11.9 Å². The summed E-state index contributed by atoms with van der Waals surface area (Å²) in [5.41, 5.74) is 4.78. The van der Waals surface area contributed by atoms with E-state index in [1.165, 1.54) is 0 Å². The number of amides is 3. The van der Waals surface area contributed by atoms with Crippen molar-refractivity contribution < 1.29 is 14.7 Å². The van der Waals surface area contributed by atoms with Crippen LogP contribution in [0.2, 0.25) is 0 Å². The summed E-state index contributed by atoms with van der Waals surface area (Å²) in [5.74, 6) is 0.471. The smallest absolute Gasteiger partial charge is 0.425 e. The van der Waals surface area contributed by atoms with Crippen molar-refractivity contribution in [1.82, 2.24) is 4.31 Å². The first-order valence-corrected chi connectivity index (χ1v) is 4.10. The SMILES string of the molecule is C=CCCSN(C(N)=O)C(=O)O. The van der Waals surface area contributed by atoms with Crippen LogP contribution in [0, 0.1) is 0 Å². The predicted molar refractivity (Wildman–Crippen MR) is 46.7 cm³/mol. The number of hydrogen-bond donors (Lipinski definition) is 2. The molecule has 0 aromatic heterocycles. The van der Waals surface area contributed by atoms with Crippen molar-refractivity contribution in [2.45, 2.75) is 6.42 Å². The fraction of sp³-hybridized carbons (Fsp3) is 0.333.